The molecule has 0 radical (unpaired) electrons. The number of nitrogens with zero attached hydrogens (tertiary/aromatic N) is 1. The molecule has 0 spiro atoms. The van der Waals surface area contributed by atoms with Crippen molar-refractivity contribution < 1.29 is 14.3 Å². The minimum absolute atomic E-state index is 0.00654. The van der Waals surface area contributed by atoms with E-state index in [4.69, 9.17) is 4.74 Å². The summed E-state index contributed by atoms with van der Waals surface area (Å²) in [5.41, 5.74) is 0.957. The second kappa shape index (κ2) is 4.12. The number of fused-ring (bicyclic) bond motifs is 1. The Morgan fingerprint density at radius 3 is 2.11 bits per heavy atom. The largest absolute Gasteiger partial charge is 0.497 e. The molecule has 1 heterocycles. The van der Waals surface area contributed by atoms with Gasteiger partial charge in [0.1, 0.15) is 5.75 Å². The molecule has 0 bridgehead atoms. The van der Waals surface area contributed by atoms with Crippen LogP contribution in [0.3, 0.4) is 0 Å². The summed E-state index contributed by atoms with van der Waals surface area (Å²) in [6.45, 7) is 0.384. The maximum absolute atomic E-state index is 12.0. The third-order valence-electron chi connectivity index (χ3n) is 3.94. The Morgan fingerprint density at radius 1 is 1.11 bits per heavy atom. The summed E-state index contributed by atoms with van der Waals surface area (Å²) in [4.78, 5) is 25.4. The van der Waals surface area contributed by atoms with E-state index >= 15 is 0 Å². The first-order chi connectivity index (χ1) is 8.70. The summed E-state index contributed by atoms with van der Waals surface area (Å²) in [7, 11) is 1.61. The van der Waals surface area contributed by atoms with E-state index in [1.807, 2.05) is 24.3 Å². The van der Waals surface area contributed by atoms with Gasteiger partial charge in [-0.05, 0) is 30.5 Å². The van der Waals surface area contributed by atoms with E-state index in [0.717, 1.165) is 24.2 Å². The molecule has 94 valence electrons. The number of imide groups is 1. The average Bonchev–Trinajstić information content (AvgIpc) is 2.49. The summed E-state index contributed by atoms with van der Waals surface area (Å²) < 4.78 is 5.08. The van der Waals surface area contributed by atoms with Gasteiger partial charge in [0.25, 0.3) is 0 Å². The maximum atomic E-state index is 12.0. The minimum Gasteiger partial charge on any atom is -0.497 e. The highest BCUT2D eigenvalue weighted by Gasteiger charge is 2.52. The molecule has 2 aliphatic rings. The molecule has 18 heavy (non-hydrogen) atoms. The lowest BCUT2D eigenvalue weighted by atomic mass is 9.76. The molecule has 2 unspecified atom stereocenters. The molecule has 4 heteroatoms. The van der Waals surface area contributed by atoms with Gasteiger partial charge in [0.15, 0.2) is 0 Å². The van der Waals surface area contributed by atoms with Crippen molar-refractivity contribution in [3.63, 3.8) is 0 Å². The zero-order chi connectivity index (χ0) is 12.7. The van der Waals surface area contributed by atoms with Crippen molar-refractivity contribution in [1.82, 2.24) is 4.90 Å². The van der Waals surface area contributed by atoms with Crippen molar-refractivity contribution in [3.8, 4) is 5.75 Å². The Kier molecular flexibility index (Phi) is 2.58. The van der Waals surface area contributed by atoms with Crippen LogP contribution in [-0.4, -0.2) is 23.8 Å². The number of rotatable bonds is 3. The number of ether oxygens (including phenoxy) is 1. The Balaban J connectivity index is 1.75. The first-order valence-electron chi connectivity index (χ1n) is 6.19. The molecule has 1 aliphatic heterocycles. The van der Waals surface area contributed by atoms with E-state index in [0.29, 0.717) is 6.54 Å². The predicted molar refractivity (Wildman–Crippen MR) is 64.8 cm³/mol. The number of methoxy groups -OCH3 is 1. The van der Waals surface area contributed by atoms with Crippen LogP contribution in [-0.2, 0) is 16.1 Å². The van der Waals surface area contributed by atoms with Crippen LogP contribution in [0.25, 0.3) is 0 Å². The lowest BCUT2D eigenvalue weighted by Crippen LogP contribution is -2.29. The fourth-order valence-electron chi connectivity index (χ4n) is 2.67. The van der Waals surface area contributed by atoms with E-state index in [-0.39, 0.29) is 23.7 Å². The van der Waals surface area contributed by atoms with Gasteiger partial charge in [0.05, 0.1) is 25.5 Å². The van der Waals surface area contributed by atoms with Gasteiger partial charge >= 0.3 is 0 Å². The standard InChI is InChI=1S/C14H15NO3/c1-18-10-4-2-9(3-5-10)8-15-13(16)11-6-7-12(11)14(15)17/h2-5,11-12H,6-8H2,1H3. The van der Waals surface area contributed by atoms with E-state index < -0.39 is 0 Å². The topological polar surface area (TPSA) is 46.6 Å². The van der Waals surface area contributed by atoms with Crippen LogP contribution in [0.5, 0.6) is 5.75 Å². The molecule has 0 aromatic heterocycles. The van der Waals surface area contributed by atoms with Crippen molar-refractivity contribution >= 4 is 11.8 Å². The number of amides is 2. The van der Waals surface area contributed by atoms with E-state index in [1.165, 1.54) is 4.90 Å². The lowest BCUT2D eigenvalue weighted by Gasteiger charge is -2.24. The Hall–Kier alpha value is -1.84. The Labute approximate surface area is 106 Å². The minimum atomic E-state index is -0.0317. The SMILES string of the molecule is COc1ccc(CN2C(=O)C3CCC3C2=O)cc1. The van der Waals surface area contributed by atoms with Crippen molar-refractivity contribution in [2.45, 2.75) is 19.4 Å². The third-order valence-corrected chi connectivity index (χ3v) is 3.94. The predicted octanol–water partition coefficient (Wildman–Crippen LogP) is 1.59. The van der Waals surface area contributed by atoms with E-state index in [1.54, 1.807) is 7.11 Å². The molecule has 4 nitrogen and oxygen atoms in total. The lowest BCUT2D eigenvalue weighted by molar-refractivity contribution is -0.140. The van der Waals surface area contributed by atoms with Crippen LogP contribution >= 0.6 is 0 Å². The summed E-state index contributed by atoms with van der Waals surface area (Å²) in [5, 5.41) is 0. The zero-order valence-corrected chi connectivity index (χ0v) is 10.3. The first kappa shape index (κ1) is 11.3. The van der Waals surface area contributed by atoms with Gasteiger partial charge in [-0.1, -0.05) is 12.1 Å². The molecule has 1 aliphatic carbocycles. The Bertz CT molecular complexity index is 472. The zero-order valence-electron chi connectivity index (χ0n) is 10.3. The van der Waals surface area contributed by atoms with Crippen molar-refractivity contribution in [2.24, 2.45) is 11.8 Å². The van der Waals surface area contributed by atoms with Gasteiger partial charge in [-0.25, -0.2) is 0 Å². The molecule has 1 aromatic carbocycles. The smallest absolute Gasteiger partial charge is 0.233 e. The summed E-state index contributed by atoms with van der Waals surface area (Å²) in [6.07, 6.45) is 1.74. The number of carbonyl (C=O) groups excluding carboxylic acids is 2. The molecular weight excluding hydrogens is 230 g/mol. The summed E-state index contributed by atoms with van der Waals surface area (Å²) in [5.74, 6) is 0.725. The molecule has 1 saturated carbocycles. The first-order valence-corrected chi connectivity index (χ1v) is 6.19. The van der Waals surface area contributed by atoms with Gasteiger partial charge in [0.2, 0.25) is 11.8 Å². The molecule has 1 saturated heterocycles. The number of carbonyl (C=O) groups is 2. The number of hydrogen-bond acceptors (Lipinski definition) is 3. The summed E-state index contributed by atoms with van der Waals surface area (Å²) in [6, 6.07) is 7.46. The normalized spacial score (nSPS) is 25.9. The summed E-state index contributed by atoms with van der Waals surface area (Å²) >= 11 is 0. The van der Waals surface area contributed by atoms with Crippen molar-refractivity contribution in [2.75, 3.05) is 7.11 Å². The third kappa shape index (κ3) is 1.60. The maximum Gasteiger partial charge on any atom is 0.233 e. The highest BCUT2D eigenvalue weighted by molar-refractivity contribution is 6.06. The van der Waals surface area contributed by atoms with E-state index in [9.17, 15) is 9.59 Å². The van der Waals surface area contributed by atoms with Crippen molar-refractivity contribution in [3.05, 3.63) is 29.8 Å². The quantitative estimate of drug-likeness (QED) is 0.760. The van der Waals surface area contributed by atoms with Crippen LogP contribution in [0, 0.1) is 11.8 Å². The number of likely N-dealkylation sites (tertiary alicyclic amines) is 1. The Morgan fingerprint density at radius 2 is 1.67 bits per heavy atom. The monoisotopic (exact) mass is 245 g/mol. The van der Waals surface area contributed by atoms with Gasteiger partial charge in [0, 0.05) is 0 Å². The molecule has 2 amide bonds. The highest BCUT2D eigenvalue weighted by Crippen LogP contribution is 2.42. The van der Waals surface area contributed by atoms with Gasteiger partial charge in [-0.3, -0.25) is 14.5 Å². The molecule has 3 rings (SSSR count). The molecule has 2 fully saturated rings. The molecule has 0 N–H and O–H groups in total. The van der Waals surface area contributed by atoms with Crippen LogP contribution < -0.4 is 4.74 Å². The van der Waals surface area contributed by atoms with Gasteiger partial charge < -0.3 is 4.74 Å². The van der Waals surface area contributed by atoms with Crippen LogP contribution in [0.4, 0.5) is 0 Å². The molecular formula is C14H15NO3. The van der Waals surface area contributed by atoms with Crippen LogP contribution in [0.15, 0.2) is 24.3 Å². The highest BCUT2D eigenvalue weighted by atomic mass is 16.5. The molecule has 1 aromatic rings. The fourth-order valence-corrected chi connectivity index (χ4v) is 2.67. The second-order valence-electron chi connectivity index (χ2n) is 4.90. The number of benzene rings is 1. The number of hydrogen-bond donors (Lipinski definition) is 0. The van der Waals surface area contributed by atoms with Crippen LogP contribution in [0.2, 0.25) is 0 Å². The van der Waals surface area contributed by atoms with Gasteiger partial charge in [-0.15, -0.1) is 0 Å². The van der Waals surface area contributed by atoms with E-state index in [2.05, 4.69) is 0 Å². The second-order valence-corrected chi connectivity index (χ2v) is 4.90. The molecule has 2 atom stereocenters. The van der Waals surface area contributed by atoms with Crippen LogP contribution in [0.1, 0.15) is 18.4 Å². The average molecular weight is 245 g/mol. The fraction of sp³-hybridized carbons (Fsp3) is 0.429. The van der Waals surface area contributed by atoms with Gasteiger partial charge in [-0.2, -0.15) is 0 Å². The van der Waals surface area contributed by atoms with Crippen molar-refractivity contribution in [1.29, 1.82) is 0 Å².